The van der Waals surface area contributed by atoms with Crippen molar-refractivity contribution in [3.8, 4) is 23.0 Å². The zero-order valence-electron chi connectivity index (χ0n) is 18.9. The Balaban J connectivity index is 1.55. The van der Waals surface area contributed by atoms with Gasteiger partial charge in [0, 0.05) is 31.7 Å². The van der Waals surface area contributed by atoms with Gasteiger partial charge in [-0.3, -0.25) is 0 Å². The summed E-state index contributed by atoms with van der Waals surface area (Å²) < 4.78 is 21.7. The van der Waals surface area contributed by atoms with Crippen molar-refractivity contribution in [2.75, 3.05) is 46.0 Å². The molecule has 0 radical (unpaired) electrons. The molecule has 0 unspecified atom stereocenters. The molecule has 0 saturated carbocycles. The van der Waals surface area contributed by atoms with Crippen molar-refractivity contribution in [3.05, 3.63) is 42.0 Å². The van der Waals surface area contributed by atoms with Crippen LogP contribution in [0.15, 0.2) is 36.4 Å². The highest BCUT2D eigenvalue weighted by molar-refractivity contribution is 5.91. The third-order valence-electron chi connectivity index (χ3n) is 6.15. The number of ether oxygens (including phenoxy) is 4. The first-order chi connectivity index (χ1) is 15.6. The number of benzene rings is 2. The van der Waals surface area contributed by atoms with Crippen LogP contribution in [0.4, 0.5) is 10.5 Å². The van der Waals surface area contributed by atoms with Gasteiger partial charge in [0.05, 0.1) is 19.9 Å². The third-order valence-corrected chi connectivity index (χ3v) is 6.15. The standard InChI is InChI=1S/C24H31N3O5/c1-4-26-11-9-18(10-12-26)27(15-17-5-8-21-23(13-17)32-16-31-21)24(28)25-20-7-6-19(29-2)14-22(20)30-3/h5-8,13-14,18H,4,9-12,15-16H2,1-3H3,(H,25,28). The summed E-state index contributed by atoms with van der Waals surface area (Å²) >= 11 is 0. The van der Waals surface area contributed by atoms with Crippen molar-refractivity contribution in [1.82, 2.24) is 9.80 Å². The Morgan fingerprint density at radius 2 is 1.88 bits per heavy atom. The van der Waals surface area contributed by atoms with E-state index < -0.39 is 0 Å². The fourth-order valence-electron chi connectivity index (χ4n) is 4.24. The largest absolute Gasteiger partial charge is 0.497 e. The van der Waals surface area contributed by atoms with Crippen LogP contribution < -0.4 is 24.3 Å². The number of fused-ring (bicyclic) bond motifs is 1. The normalized spacial score (nSPS) is 16.0. The number of nitrogens with one attached hydrogen (secondary N) is 1. The first-order valence-corrected chi connectivity index (χ1v) is 11.0. The maximum Gasteiger partial charge on any atom is 0.322 e. The number of likely N-dealkylation sites (tertiary alicyclic amines) is 1. The second-order valence-electron chi connectivity index (χ2n) is 7.98. The minimum atomic E-state index is -0.152. The molecule has 0 spiro atoms. The minimum Gasteiger partial charge on any atom is -0.497 e. The monoisotopic (exact) mass is 441 g/mol. The molecule has 0 aliphatic carbocycles. The molecule has 2 aromatic carbocycles. The second kappa shape index (κ2) is 9.99. The molecule has 32 heavy (non-hydrogen) atoms. The lowest BCUT2D eigenvalue weighted by atomic mass is 10.0. The van der Waals surface area contributed by atoms with E-state index in [0.29, 0.717) is 23.7 Å². The van der Waals surface area contributed by atoms with Crippen LogP contribution in [0.3, 0.4) is 0 Å². The fraction of sp³-hybridized carbons (Fsp3) is 0.458. The predicted molar refractivity (Wildman–Crippen MR) is 122 cm³/mol. The summed E-state index contributed by atoms with van der Waals surface area (Å²) in [4.78, 5) is 17.8. The molecule has 172 valence electrons. The molecule has 2 heterocycles. The highest BCUT2D eigenvalue weighted by atomic mass is 16.7. The molecule has 1 N–H and O–H groups in total. The number of hydrogen-bond acceptors (Lipinski definition) is 6. The molecule has 2 amide bonds. The van der Waals surface area contributed by atoms with Gasteiger partial charge in [0.1, 0.15) is 11.5 Å². The van der Waals surface area contributed by atoms with E-state index in [2.05, 4.69) is 17.1 Å². The summed E-state index contributed by atoms with van der Waals surface area (Å²) in [5.41, 5.74) is 1.61. The Bertz CT molecular complexity index is 943. The Morgan fingerprint density at radius 1 is 1.09 bits per heavy atom. The van der Waals surface area contributed by atoms with Gasteiger partial charge in [-0.2, -0.15) is 0 Å². The van der Waals surface area contributed by atoms with Gasteiger partial charge in [-0.15, -0.1) is 0 Å². The van der Waals surface area contributed by atoms with Crippen molar-refractivity contribution >= 4 is 11.7 Å². The van der Waals surface area contributed by atoms with E-state index in [-0.39, 0.29) is 18.9 Å². The van der Waals surface area contributed by atoms with Crippen LogP contribution in [0.2, 0.25) is 0 Å². The summed E-state index contributed by atoms with van der Waals surface area (Å²) in [6, 6.07) is 11.2. The average molecular weight is 442 g/mol. The van der Waals surface area contributed by atoms with Gasteiger partial charge >= 0.3 is 6.03 Å². The first-order valence-electron chi connectivity index (χ1n) is 11.0. The smallest absolute Gasteiger partial charge is 0.322 e. The number of anilines is 1. The van der Waals surface area contributed by atoms with Crippen LogP contribution in [0.25, 0.3) is 0 Å². The van der Waals surface area contributed by atoms with Crippen LogP contribution in [0.5, 0.6) is 23.0 Å². The number of piperidine rings is 1. The number of hydrogen-bond donors (Lipinski definition) is 1. The maximum absolute atomic E-state index is 13.5. The van der Waals surface area contributed by atoms with E-state index in [1.165, 1.54) is 0 Å². The summed E-state index contributed by atoms with van der Waals surface area (Å²) in [6.07, 6.45) is 1.87. The molecule has 8 heteroatoms. The van der Waals surface area contributed by atoms with Crippen LogP contribution in [0, 0.1) is 0 Å². The molecule has 2 aromatic rings. The second-order valence-corrected chi connectivity index (χ2v) is 7.98. The predicted octanol–water partition coefficient (Wildman–Crippen LogP) is 3.95. The minimum absolute atomic E-state index is 0.146. The topological polar surface area (TPSA) is 72.5 Å². The number of rotatable bonds is 7. The van der Waals surface area contributed by atoms with Gasteiger partial charge in [0.2, 0.25) is 6.79 Å². The van der Waals surface area contributed by atoms with Crippen LogP contribution >= 0.6 is 0 Å². The number of methoxy groups -OCH3 is 2. The summed E-state index contributed by atoms with van der Waals surface area (Å²) in [5, 5.41) is 3.04. The zero-order chi connectivity index (χ0) is 22.5. The zero-order valence-corrected chi connectivity index (χ0v) is 18.9. The van der Waals surface area contributed by atoms with Gasteiger partial charge in [-0.05, 0) is 49.2 Å². The van der Waals surface area contributed by atoms with E-state index in [4.69, 9.17) is 18.9 Å². The van der Waals surface area contributed by atoms with Crippen molar-refractivity contribution in [3.63, 3.8) is 0 Å². The maximum atomic E-state index is 13.5. The summed E-state index contributed by atoms with van der Waals surface area (Å²) in [6.45, 7) is 5.89. The van der Waals surface area contributed by atoms with Gasteiger partial charge in [-0.25, -0.2) is 4.79 Å². The summed E-state index contributed by atoms with van der Waals surface area (Å²) in [7, 11) is 3.18. The van der Waals surface area contributed by atoms with Gasteiger partial charge in [0.15, 0.2) is 11.5 Å². The lowest BCUT2D eigenvalue weighted by molar-refractivity contribution is 0.126. The Morgan fingerprint density at radius 3 is 2.59 bits per heavy atom. The molecule has 1 saturated heterocycles. The van der Waals surface area contributed by atoms with Crippen molar-refractivity contribution in [2.24, 2.45) is 0 Å². The SMILES string of the molecule is CCN1CCC(N(Cc2ccc3c(c2)OCO3)C(=O)Nc2ccc(OC)cc2OC)CC1. The summed E-state index contributed by atoms with van der Waals surface area (Å²) in [5.74, 6) is 2.69. The van der Waals surface area contributed by atoms with Gasteiger partial charge in [-0.1, -0.05) is 13.0 Å². The van der Waals surface area contributed by atoms with Gasteiger partial charge < -0.3 is 34.1 Å². The lowest BCUT2D eigenvalue weighted by Gasteiger charge is -2.38. The van der Waals surface area contributed by atoms with Crippen molar-refractivity contribution in [2.45, 2.75) is 32.4 Å². The first kappa shape index (κ1) is 22.1. The van der Waals surface area contributed by atoms with E-state index in [0.717, 1.165) is 49.5 Å². The lowest BCUT2D eigenvalue weighted by Crippen LogP contribution is -2.48. The Kier molecular flexibility index (Phi) is 6.90. The number of nitrogens with zero attached hydrogens (tertiary/aromatic N) is 2. The van der Waals surface area contributed by atoms with Crippen LogP contribution in [0.1, 0.15) is 25.3 Å². The van der Waals surface area contributed by atoms with E-state index in [1.54, 1.807) is 32.4 Å². The molecular weight excluding hydrogens is 410 g/mol. The molecule has 0 aromatic heterocycles. The van der Waals surface area contributed by atoms with Crippen LogP contribution in [-0.2, 0) is 6.54 Å². The van der Waals surface area contributed by atoms with Crippen molar-refractivity contribution in [1.29, 1.82) is 0 Å². The van der Waals surface area contributed by atoms with Crippen molar-refractivity contribution < 1.29 is 23.7 Å². The molecule has 0 atom stereocenters. The van der Waals surface area contributed by atoms with E-state index in [9.17, 15) is 4.79 Å². The molecule has 4 rings (SSSR count). The average Bonchev–Trinajstić information content (AvgIpc) is 3.30. The van der Waals surface area contributed by atoms with Crippen LogP contribution in [-0.4, -0.2) is 62.5 Å². The van der Waals surface area contributed by atoms with E-state index >= 15 is 0 Å². The number of amides is 2. The number of urea groups is 1. The van der Waals surface area contributed by atoms with E-state index in [1.807, 2.05) is 23.1 Å². The Hall–Kier alpha value is -3.13. The molecular formula is C24H31N3O5. The fourth-order valence-corrected chi connectivity index (χ4v) is 4.24. The molecule has 8 nitrogen and oxygen atoms in total. The highest BCUT2D eigenvalue weighted by Gasteiger charge is 2.29. The molecule has 2 aliphatic heterocycles. The molecule has 0 bridgehead atoms. The Labute approximate surface area is 189 Å². The third kappa shape index (κ3) is 4.85. The van der Waals surface area contributed by atoms with Gasteiger partial charge in [0.25, 0.3) is 0 Å². The quantitative estimate of drug-likeness (QED) is 0.702. The number of carbonyl (C=O) groups excluding carboxylic acids is 1. The highest BCUT2D eigenvalue weighted by Crippen LogP contribution is 2.34. The molecule has 2 aliphatic rings. The number of carbonyl (C=O) groups is 1. The molecule has 1 fully saturated rings.